The van der Waals surface area contributed by atoms with Crippen LogP contribution in [0.5, 0.6) is 0 Å². The van der Waals surface area contributed by atoms with Crippen LogP contribution in [-0.4, -0.2) is 25.4 Å². The van der Waals surface area contributed by atoms with E-state index in [9.17, 15) is 26.3 Å². The summed E-state index contributed by atoms with van der Waals surface area (Å²) >= 11 is 0. The van der Waals surface area contributed by atoms with E-state index in [1.165, 1.54) is 7.05 Å². The average Bonchev–Trinajstić information content (AvgIpc) is 2.07. The van der Waals surface area contributed by atoms with E-state index >= 15 is 0 Å². The fourth-order valence-electron chi connectivity index (χ4n) is 1.32. The molecule has 7 heteroatoms. The Bertz CT molecular complexity index is 185. The standard InChI is InChI=1S/C9H15F6N/c1-16-7(4-6-9(13,14)15)3-2-5-8(10,11)12/h7,16H,2-6H2,1H3. The van der Waals surface area contributed by atoms with Gasteiger partial charge < -0.3 is 5.32 Å². The molecule has 0 aromatic heterocycles. The Morgan fingerprint density at radius 3 is 1.75 bits per heavy atom. The smallest absolute Gasteiger partial charge is 0.317 e. The second-order valence-corrected chi connectivity index (χ2v) is 3.65. The summed E-state index contributed by atoms with van der Waals surface area (Å²) in [5, 5.41) is 2.59. The first-order valence-corrected chi connectivity index (χ1v) is 4.95. The number of halogens is 6. The third kappa shape index (κ3) is 10.1. The first-order valence-electron chi connectivity index (χ1n) is 4.95. The SMILES string of the molecule is CNC(CCCC(F)(F)F)CCC(F)(F)F. The molecule has 0 aliphatic rings. The molecule has 0 radical (unpaired) electrons. The number of nitrogens with one attached hydrogen (secondary N) is 1. The van der Waals surface area contributed by atoms with Gasteiger partial charge in [0.2, 0.25) is 0 Å². The van der Waals surface area contributed by atoms with E-state index in [2.05, 4.69) is 5.32 Å². The highest BCUT2D eigenvalue weighted by atomic mass is 19.4. The van der Waals surface area contributed by atoms with Gasteiger partial charge in [0, 0.05) is 18.9 Å². The summed E-state index contributed by atoms with van der Waals surface area (Å²) in [4.78, 5) is 0. The molecule has 1 N–H and O–H groups in total. The summed E-state index contributed by atoms with van der Waals surface area (Å²) in [5.41, 5.74) is 0. The van der Waals surface area contributed by atoms with Gasteiger partial charge in [-0.1, -0.05) is 0 Å². The van der Waals surface area contributed by atoms with Crippen LogP contribution < -0.4 is 5.32 Å². The molecule has 0 saturated heterocycles. The van der Waals surface area contributed by atoms with Gasteiger partial charge in [-0.15, -0.1) is 0 Å². The zero-order valence-electron chi connectivity index (χ0n) is 8.88. The molecule has 0 rings (SSSR count). The minimum Gasteiger partial charge on any atom is -0.317 e. The molecule has 0 heterocycles. The van der Waals surface area contributed by atoms with Gasteiger partial charge in [0.1, 0.15) is 0 Å². The zero-order valence-corrected chi connectivity index (χ0v) is 8.88. The zero-order chi connectivity index (χ0) is 12.8. The molecule has 0 bridgehead atoms. The fourth-order valence-corrected chi connectivity index (χ4v) is 1.32. The van der Waals surface area contributed by atoms with Gasteiger partial charge in [0.05, 0.1) is 0 Å². The maximum Gasteiger partial charge on any atom is 0.389 e. The summed E-state index contributed by atoms with van der Waals surface area (Å²) in [6, 6.07) is -0.510. The molecule has 0 aromatic carbocycles. The molecule has 1 unspecified atom stereocenters. The monoisotopic (exact) mass is 251 g/mol. The van der Waals surface area contributed by atoms with Crippen molar-refractivity contribution in [2.24, 2.45) is 0 Å². The van der Waals surface area contributed by atoms with E-state index in [0.29, 0.717) is 0 Å². The Balaban J connectivity index is 3.76. The third-order valence-corrected chi connectivity index (χ3v) is 2.20. The maximum absolute atomic E-state index is 11.9. The van der Waals surface area contributed by atoms with Crippen LogP contribution in [0.3, 0.4) is 0 Å². The third-order valence-electron chi connectivity index (χ3n) is 2.20. The Labute approximate surface area is 90.2 Å². The topological polar surface area (TPSA) is 12.0 Å². The molecule has 98 valence electrons. The van der Waals surface area contributed by atoms with Gasteiger partial charge in [-0.2, -0.15) is 26.3 Å². The Hall–Kier alpha value is -0.460. The van der Waals surface area contributed by atoms with Crippen molar-refractivity contribution in [3.8, 4) is 0 Å². The maximum atomic E-state index is 11.9. The first-order chi connectivity index (χ1) is 7.14. The second-order valence-electron chi connectivity index (χ2n) is 3.65. The van der Waals surface area contributed by atoms with Gasteiger partial charge in [-0.25, -0.2) is 0 Å². The summed E-state index contributed by atoms with van der Waals surface area (Å²) in [6.07, 6.45) is -10.6. The van der Waals surface area contributed by atoms with Crippen LogP contribution >= 0.6 is 0 Å². The molecule has 0 amide bonds. The summed E-state index contributed by atoms with van der Waals surface area (Å²) in [7, 11) is 1.45. The van der Waals surface area contributed by atoms with Gasteiger partial charge in [0.15, 0.2) is 0 Å². The van der Waals surface area contributed by atoms with Crippen molar-refractivity contribution in [2.75, 3.05) is 7.05 Å². The molecular weight excluding hydrogens is 236 g/mol. The van der Waals surface area contributed by atoms with Crippen molar-refractivity contribution in [3.63, 3.8) is 0 Å². The molecule has 0 fully saturated rings. The lowest BCUT2D eigenvalue weighted by Gasteiger charge is -2.17. The van der Waals surface area contributed by atoms with Crippen LogP contribution in [0.15, 0.2) is 0 Å². The molecule has 1 nitrogen and oxygen atoms in total. The van der Waals surface area contributed by atoms with E-state index in [4.69, 9.17) is 0 Å². The molecule has 0 saturated carbocycles. The van der Waals surface area contributed by atoms with Crippen LogP contribution in [0.2, 0.25) is 0 Å². The second kappa shape index (κ2) is 6.32. The minimum absolute atomic E-state index is 0.103. The normalized spacial score (nSPS) is 15.2. The molecular formula is C9H15F6N. The molecule has 0 spiro atoms. The number of rotatable bonds is 6. The molecule has 0 aromatic rings. The van der Waals surface area contributed by atoms with E-state index in [1.54, 1.807) is 0 Å². The first kappa shape index (κ1) is 15.5. The summed E-state index contributed by atoms with van der Waals surface area (Å²) in [6.45, 7) is 0. The van der Waals surface area contributed by atoms with Crippen molar-refractivity contribution in [2.45, 2.75) is 50.5 Å². The van der Waals surface area contributed by atoms with Crippen molar-refractivity contribution in [1.29, 1.82) is 0 Å². The predicted molar refractivity (Wildman–Crippen MR) is 48.0 cm³/mol. The number of hydrogen-bond donors (Lipinski definition) is 1. The Morgan fingerprint density at radius 1 is 0.875 bits per heavy atom. The van der Waals surface area contributed by atoms with E-state index in [0.717, 1.165) is 0 Å². The van der Waals surface area contributed by atoms with E-state index in [-0.39, 0.29) is 19.3 Å². The van der Waals surface area contributed by atoms with Crippen molar-refractivity contribution in [3.05, 3.63) is 0 Å². The van der Waals surface area contributed by atoms with Gasteiger partial charge in [0.25, 0.3) is 0 Å². The molecule has 0 aliphatic carbocycles. The lowest BCUT2D eigenvalue weighted by molar-refractivity contribution is -0.139. The van der Waals surface area contributed by atoms with Crippen LogP contribution in [-0.2, 0) is 0 Å². The van der Waals surface area contributed by atoms with Crippen molar-refractivity contribution < 1.29 is 26.3 Å². The van der Waals surface area contributed by atoms with Crippen LogP contribution in [0.25, 0.3) is 0 Å². The molecule has 0 aliphatic heterocycles. The van der Waals surface area contributed by atoms with Crippen LogP contribution in [0, 0.1) is 0 Å². The summed E-state index contributed by atoms with van der Waals surface area (Å²) < 4.78 is 70.9. The quantitative estimate of drug-likeness (QED) is 0.710. The lowest BCUT2D eigenvalue weighted by Crippen LogP contribution is -2.27. The highest BCUT2D eigenvalue weighted by molar-refractivity contribution is 4.68. The Morgan fingerprint density at radius 2 is 1.38 bits per heavy atom. The highest BCUT2D eigenvalue weighted by Crippen LogP contribution is 2.25. The largest absolute Gasteiger partial charge is 0.389 e. The van der Waals surface area contributed by atoms with Gasteiger partial charge in [-0.3, -0.25) is 0 Å². The van der Waals surface area contributed by atoms with E-state index < -0.39 is 31.2 Å². The average molecular weight is 251 g/mol. The van der Waals surface area contributed by atoms with Crippen molar-refractivity contribution >= 4 is 0 Å². The number of hydrogen-bond acceptors (Lipinski definition) is 1. The van der Waals surface area contributed by atoms with Crippen molar-refractivity contribution in [1.82, 2.24) is 5.32 Å². The van der Waals surface area contributed by atoms with Crippen LogP contribution in [0.4, 0.5) is 26.3 Å². The lowest BCUT2D eigenvalue weighted by atomic mass is 10.0. The molecule has 1 atom stereocenters. The van der Waals surface area contributed by atoms with E-state index in [1.807, 2.05) is 0 Å². The molecule has 16 heavy (non-hydrogen) atoms. The predicted octanol–water partition coefficient (Wildman–Crippen LogP) is 3.65. The van der Waals surface area contributed by atoms with Gasteiger partial charge in [-0.05, 0) is 26.3 Å². The number of alkyl halides is 6. The fraction of sp³-hybridized carbons (Fsp3) is 1.00. The van der Waals surface area contributed by atoms with Crippen LogP contribution in [0.1, 0.15) is 32.1 Å². The minimum atomic E-state index is -4.25. The Kier molecular flexibility index (Phi) is 6.14. The van der Waals surface area contributed by atoms with Gasteiger partial charge >= 0.3 is 12.4 Å². The summed E-state index contributed by atoms with van der Waals surface area (Å²) in [5.74, 6) is 0. The highest BCUT2D eigenvalue weighted by Gasteiger charge is 2.29.